The van der Waals surface area contributed by atoms with Gasteiger partial charge in [0.1, 0.15) is 0 Å². The number of hydrogen-bond acceptors (Lipinski definition) is 5. The van der Waals surface area contributed by atoms with Gasteiger partial charge in [-0.15, -0.1) is 0 Å². The number of ether oxygens (including phenoxy) is 1. The first-order chi connectivity index (χ1) is 10.2. The van der Waals surface area contributed by atoms with Crippen LogP contribution in [-0.4, -0.2) is 43.9 Å². The summed E-state index contributed by atoms with van der Waals surface area (Å²) in [6.45, 7) is 3.10. The summed E-state index contributed by atoms with van der Waals surface area (Å²) < 4.78 is 27.9. The van der Waals surface area contributed by atoms with E-state index in [0.717, 1.165) is 5.56 Å². The Labute approximate surface area is 129 Å². The molecule has 7 heteroatoms. The molecule has 0 bridgehead atoms. The summed E-state index contributed by atoms with van der Waals surface area (Å²) in [4.78, 5) is 23.7. The van der Waals surface area contributed by atoms with Crippen LogP contribution in [0.3, 0.4) is 0 Å². The summed E-state index contributed by atoms with van der Waals surface area (Å²) in [6, 6.07) is 6.87. The molecular weight excluding hydrogens is 306 g/mol. The highest BCUT2D eigenvalue weighted by Crippen LogP contribution is 2.22. The van der Waals surface area contributed by atoms with Gasteiger partial charge < -0.3 is 10.1 Å². The molecule has 1 atom stereocenters. The number of hydrogen-bond donors (Lipinski definition) is 1. The van der Waals surface area contributed by atoms with Crippen molar-refractivity contribution in [2.45, 2.75) is 25.8 Å². The third-order valence-corrected chi connectivity index (χ3v) is 5.44. The predicted octanol–water partition coefficient (Wildman–Crippen LogP) is 0.845. The maximum atomic E-state index is 11.8. The molecule has 0 saturated carbocycles. The zero-order valence-corrected chi connectivity index (χ0v) is 13.4. The standard InChI is InChI=1S/C15H19NO5S/c1-11-4-3-5-12(8-11)14(18)21-9-13(17)16-15(2)6-7-22(19,20)10-15/h3-5,8H,6-7,9-10H2,1-2H3,(H,16,17)/t15-/m0/s1. The molecule has 0 aromatic heterocycles. The van der Waals surface area contributed by atoms with Crippen LogP contribution in [0.5, 0.6) is 0 Å². The van der Waals surface area contributed by atoms with Crippen molar-refractivity contribution in [2.75, 3.05) is 18.1 Å². The first-order valence-corrected chi connectivity index (χ1v) is 8.77. The molecule has 0 unspecified atom stereocenters. The Morgan fingerprint density at radius 3 is 2.68 bits per heavy atom. The molecular formula is C15H19NO5S. The maximum absolute atomic E-state index is 11.8. The van der Waals surface area contributed by atoms with E-state index in [9.17, 15) is 18.0 Å². The Bertz CT molecular complexity index is 698. The second kappa shape index (κ2) is 6.08. The first kappa shape index (κ1) is 16.5. The van der Waals surface area contributed by atoms with Crippen molar-refractivity contribution >= 4 is 21.7 Å². The summed E-state index contributed by atoms with van der Waals surface area (Å²) in [7, 11) is -3.10. The lowest BCUT2D eigenvalue weighted by Gasteiger charge is -2.23. The number of amides is 1. The molecule has 120 valence electrons. The van der Waals surface area contributed by atoms with Gasteiger partial charge in [-0.3, -0.25) is 4.79 Å². The number of benzene rings is 1. The number of esters is 1. The molecule has 6 nitrogen and oxygen atoms in total. The highest BCUT2D eigenvalue weighted by atomic mass is 32.2. The summed E-state index contributed by atoms with van der Waals surface area (Å²) in [5.74, 6) is -1.10. The molecule has 1 saturated heterocycles. The average molecular weight is 325 g/mol. The molecule has 1 aliphatic heterocycles. The van der Waals surface area contributed by atoms with Gasteiger partial charge in [-0.05, 0) is 32.4 Å². The second-order valence-corrected chi connectivity index (χ2v) is 8.08. The molecule has 1 amide bonds. The van der Waals surface area contributed by atoms with Crippen molar-refractivity contribution < 1.29 is 22.7 Å². The van der Waals surface area contributed by atoms with E-state index in [1.54, 1.807) is 25.1 Å². The van der Waals surface area contributed by atoms with Crippen molar-refractivity contribution in [1.29, 1.82) is 0 Å². The highest BCUT2D eigenvalue weighted by molar-refractivity contribution is 7.91. The molecule has 1 N–H and O–H groups in total. The van der Waals surface area contributed by atoms with Gasteiger partial charge in [-0.2, -0.15) is 0 Å². The Morgan fingerprint density at radius 2 is 2.09 bits per heavy atom. The topological polar surface area (TPSA) is 89.5 Å². The fourth-order valence-corrected chi connectivity index (χ4v) is 4.56. The van der Waals surface area contributed by atoms with Crippen LogP contribution in [0.1, 0.15) is 29.3 Å². The normalized spacial score (nSPS) is 23.0. The van der Waals surface area contributed by atoms with Crippen LogP contribution in [0.2, 0.25) is 0 Å². The van der Waals surface area contributed by atoms with Gasteiger partial charge in [-0.25, -0.2) is 13.2 Å². The SMILES string of the molecule is Cc1cccc(C(=O)OCC(=O)N[C@@]2(C)CCS(=O)(=O)C2)c1. The molecule has 1 aromatic rings. The van der Waals surface area contributed by atoms with Crippen molar-refractivity contribution in [3.8, 4) is 0 Å². The van der Waals surface area contributed by atoms with Crippen LogP contribution in [-0.2, 0) is 19.4 Å². The van der Waals surface area contributed by atoms with Crippen LogP contribution in [0.4, 0.5) is 0 Å². The fourth-order valence-electron chi connectivity index (χ4n) is 2.47. The van der Waals surface area contributed by atoms with Crippen LogP contribution in [0, 0.1) is 6.92 Å². The van der Waals surface area contributed by atoms with Gasteiger partial charge in [-0.1, -0.05) is 17.7 Å². The monoisotopic (exact) mass is 325 g/mol. The lowest BCUT2D eigenvalue weighted by atomic mass is 10.0. The zero-order valence-electron chi connectivity index (χ0n) is 12.6. The molecule has 0 radical (unpaired) electrons. The van der Waals surface area contributed by atoms with E-state index in [-0.39, 0.29) is 11.5 Å². The number of nitrogens with one attached hydrogen (secondary N) is 1. The molecule has 1 fully saturated rings. The number of carbonyl (C=O) groups is 2. The quantitative estimate of drug-likeness (QED) is 0.829. The summed E-state index contributed by atoms with van der Waals surface area (Å²) in [5, 5.41) is 2.63. The van der Waals surface area contributed by atoms with Crippen molar-refractivity contribution in [1.82, 2.24) is 5.32 Å². The van der Waals surface area contributed by atoms with Gasteiger partial charge in [0.25, 0.3) is 5.91 Å². The minimum Gasteiger partial charge on any atom is -0.452 e. The Hall–Kier alpha value is -1.89. The molecule has 22 heavy (non-hydrogen) atoms. The van der Waals surface area contributed by atoms with Gasteiger partial charge >= 0.3 is 5.97 Å². The molecule has 2 rings (SSSR count). The Morgan fingerprint density at radius 1 is 1.36 bits per heavy atom. The van der Waals surface area contributed by atoms with E-state index in [1.165, 1.54) is 0 Å². The largest absolute Gasteiger partial charge is 0.452 e. The Kier molecular flexibility index (Phi) is 4.55. The van der Waals surface area contributed by atoms with Crippen LogP contribution < -0.4 is 5.32 Å². The first-order valence-electron chi connectivity index (χ1n) is 6.94. The molecule has 1 heterocycles. The second-order valence-electron chi connectivity index (χ2n) is 5.90. The average Bonchev–Trinajstić information content (AvgIpc) is 2.69. The van der Waals surface area contributed by atoms with Gasteiger partial charge in [0.2, 0.25) is 0 Å². The van der Waals surface area contributed by atoms with E-state index in [0.29, 0.717) is 12.0 Å². The number of sulfone groups is 1. The van der Waals surface area contributed by atoms with E-state index in [4.69, 9.17) is 4.74 Å². The van der Waals surface area contributed by atoms with Crippen molar-refractivity contribution in [2.24, 2.45) is 0 Å². The lowest BCUT2D eigenvalue weighted by molar-refractivity contribution is -0.125. The summed E-state index contributed by atoms with van der Waals surface area (Å²) in [5.41, 5.74) is 0.510. The maximum Gasteiger partial charge on any atom is 0.338 e. The predicted molar refractivity (Wildman–Crippen MR) is 81.3 cm³/mol. The van der Waals surface area contributed by atoms with Crippen molar-refractivity contribution in [3.63, 3.8) is 0 Å². The van der Waals surface area contributed by atoms with Gasteiger partial charge in [0, 0.05) is 0 Å². The summed E-state index contributed by atoms with van der Waals surface area (Å²) in [6.07, 6.45) is 0.368. The number of rotatable bonds is 4. The van der Waals surface area contributed by atoms with Gasteiger partial charge in [0.05, 0.1) is 22.6 Å². The van der Waals surface area contributed by atoms with Crippen LogP contribution >= 0.6 is 0 Å². The Balaban J connectivity index is 1.87. The van der Waals surface area contributed by atoms with Gasteiger partial charge in [0.15, 0.2) is 16.4 Å². The van der Waals surface area contributed by atoms with Crippen LogP contribution in [0.25, 0.3) is 0 Å². The van der Waals surface area contributed by atoms with E-state index in [1.807, 2.05) is 13.0 Å². The fraction of sp³-hybridized carbons (Fsp3) is 0.467. The lowest BCUT2D eigenvalue weighted by Crippen LogP contribution is -2.48. The summed E-state index contributed by atoms with van der Waals surface area (Å²) >= 11 is 0. The van der Waals surface area contributed by atoms with E-state index in [2.05, 4.69) is 5.32 Å². The number of aryl methyl sites for hydroxylation is 1. The highest BCUT2D eigenvalue weighted by Gasteiger charge is 2.39. The molecule has 0 spiro atoms. The van der Waals surface area contributed by atoms with Crippen LogP contribution in [0.15, 0.2) is 24.3 Å². The smallest absolute Gasteiger partial charge is 0.338 e. The third kappa shape index (κ3) is 4.30. The number of carbonyl (C=O) groups excluding carboxylic acids is 2. The zero-order chi connectivity index (χ0) is 16.4. The molecule has 0 aliphatic carbocycles. The van der Waals surface area contributed by atoms with Crippen molar-refractivity contribution in [3.05, 3.63) is 35.4 Å². The van der Waals surface area contributed by atoms with E-state index < -0.39 is 33.9 Å². The minimum atomic E-state index is -3.10. The molecule has 1 aliphatic rings. The van der Waals surface area contributed by atoms with E-state index >= 15 is 0 Å². The minimum absolute atomic E-state index is 0.0624. The third-order valence-electron chi connectivity index (χ3n) is 3.53. The molecule has 1 aromatic carbocycles.